The van der Waals surface area contributed by atoms with E-state index in [4.69, 9.17) is 5.73 Å². The summed E-state index contributed by atoms with van der Waals surface area (Å²) in [5.74, 6) is 0. The van der Waals surface area contributed by atoms with Crippen LogP contribution in [0.15, 0.2) is 27.6 Å². The quantitative estimate of drug-likeness (QED) is 0.868. The minimum absolute atomic E-state index is 0.224. The SMILES string of the molecule is CCC(CN)NS(=O)(=O)c1cc(Br)ccc1C. The summed E-state index contributed by atoms with van der Waals surface area (Å²) in [4.78, 5) is 0.291. The molecule has 0 bridgehead atoms. The molecule has 0 aliphatic rings. The lowest BCUT2D eigenvalue weighted by atomic mass is 10.2. The molecule has 17 heavy (non-hydrogen) atoms. The average Bonchev–Trinajstić information content (AvgIpc) is 2.29. The van der Waals surface area contributed by atoms with Gasteiger partial charge in [0.1, 0.15) is 0 Å². The molecule has 0 heterocycles. The van der Waals surface area contributed by atoms with Gasteiger partial charge in [-0.15, -0.1) is 0 Å². The lowest BCUT2D eigenvalue weighted by molar-refractivity contribution is 0.542. The Hall–Kier alpha value is -0.430. The van der Waals surface area contributed by atoms with Gasteiger partial charge in [0.05, 0.1) is 4.90 Å². The van der Waals surface area contributed by atoms with Crippen molar-refractivity contribution in [1.29, 1.82) is 0 Å². The van der Waals surface area contributed by atoms with Crippen LogP contribution in [0, 0.1) is 6.92 Å². The van der Waals surface area contributed by atoms with Gasteiger partial charge in [-0.1, -0.05) is 28.9 Å². The van der Waals surface area contributed by atoms with Crippen LogP contribution in [0.3, 0.4) is 0 Å². The Labute approximate surface area is 111 Å². The number of hydrogen-bond donors (Lipinski definition) is 2. The zero-order valence-corrected chi connectivity index (χ0v) is 12.3. The van der Waals surface area contributed by atoms with Crippen LogP contribution < -0.4 is 10.5 Å². The molecule has 3 N–H and O–H groups in total. The molecule has 1 rings (SSSR count). The van der Waals surface area contributed by atoms with Crippen LogP contribution in [-0.2, 0) is 10.0 Å². The van der Waals surface area contributed by atoms with E-state index in [0.717, 1.165) is 4.47 Å². The van der Waals surface area contributed by atoms with Gasteiger partial charge in [0.2, 0.25) is 10.0 Å². The van der Waals surface area contributed by atoms with Crippen molar-refractivity contribution in [3.63, 3.8) is 0 Å². The highest BCUT2D eigenvalue weighted by Gasteiger charge is 2.20. The second kappa shape index (κ2) is 5.95. The second-order valence-electron chi connectivity index (χ2n) is 3.87. The predicted molar refractivity (Wildman–Crippen MR) is 72.3 cm³/mol. The predicted octanol–water partition coefficient (Wildman–Crippen LogP) is 1.77. The van der Waals surface area contributed by atoms with Crippen LogP contribution in [0.25, 0.3) is 0 Å². The van der Waals surface area contributed by atoms with E-state index in [9.17, 15) is 8.42 Å². The second-order valence-corrected chi connectivity index (χ2v) is 6.47. The largest absolute Gasteiger partial charge is 0.329 e. The van der Waals surface area contributed by atoms with Crippen LogP contribution in [-0.4, -0.2) is 21.0 Å². The molecule has 0 saturated carbocycles. The van der Waals surface area contributed by atoms with Crippen molar-refractivity contribution >= 4 is 26.0 Å². The third-order valence-corrected chi connectivity index (χ3v) is 4.69. The number of aryl methyl sites for hydroxylation is 1. The van der Waals surface area contributed by atoms with E-state index in [0.29, 0.717) is 23.4 Å². The van der Waals surface area contributed by atoms with E-state index in [1.807, 2.05) is 13.0 Å². The van der Waals surface area contributed by atoms with Crippen LogP contribution in [0.2, 0.25) is 0 Å². The Bertz CT molecular complexity index is 484. The van der Waals surface area contributed by atoms with Crippen molar-refractivity contribution in [3.8, 4) is 0 Å². The van der Waals surface area contributed by atoms with Crippen molar-refractivity contribution in [3.05, 3.63) is 28.2 Å². The summed E-state index contributed by atoms with van der Waals surface area (Å²) in [6.07, 6.45) is 0.669. The van der Waals surface area contributed by atoms with Crippen molar-refractivity contribution in [2.45, 2.75) is 31.2 Å². The number of hydrogen-bond acceptors (Lipinski definition) is 3. The standard InChI is InChI=1S/C11H17BrN2O2S/c1-3-10(7-13)14-17(15,16)11-6-9(12)5-4-8(11)2/h4-6,10,14H,3,7,13H2,1-2H3. The molecule has 0 spiro atoms. The van der Waals surface area contributed by atoms with Crippen molar-refractivity contribution in [2.75, 3.05) is 6.54 Å². The Balaban J connectivity index is 3.09. The fourth-order valence-electron chi connectivity index (χ4n) is 1.44. The third kappa shape index (κ3) is 3.77. The molecule has 96 valence electrons. The molecule has 1 aromatic carbocycles. The maximum absolute atomic E-state index is 12.1. The minimum atomic E-state index is -3.50. The normalized spacial score (nSPS) is 13.6. The zero-order chi connectivity index (χ0) is 13.1. The maximum atomic E-state index is 12.1. The molecule has 0 amide bonds. The van der Waals surface area contributed by atoms with Crippen LogP contribution >= 0.6 is 15.9 Å². The van der Waals surface area contributed by atoms with Gasteiger partial charge in [0.15, 0.2) is 0 Å². The molecule has 1 unspecified atom stereocenters. The van der Waals surface area contributed by atoms with E-state index < -0.39 is 10.0 Å². The number of nitrogens with two attached hydrogens (primary N) is 1. The highest BCUT2D eigenvalue weighted by atomic mass is 79.9. The fourth-order valence-corrected chi connectivity index (χ4v) is 3.56. The summed E-state index contributed by atoms with van der Waals surface area (Å²) in [7, 11) is -3.50. The molecule has 1 aromatic rings. The Morgan fingerprint density at radius 2 is 2.12 bits per heavy atom. The van der Waals surface area contributed by atoms with Crippen molar-refractivity contribution in [2.24, 2.45) is 5.73 Å². The highest BCUT2D eigenvalue weighted by Crippen LogP contribution is 2.20. The lowest BCUT2D eigenvalue weighted by Crippen LogP contribution is -2.39. The maximum Gasteiger partial charge on any atom is 0.241 e. The molecule has 4 nitrogen and oxygen atoms in total. The van der Waals surface area contributed by atoms with Gasteiger partial charge in [-0.3, -0.25) is 0 Å². The molecule has 0 saturated heterocycles. The highest BCUT2D eigenvalue weighted by molar-refractivity contribution is 9.10. The van der Waals surface area contributed by atoms with Crippen molar-refractivity contribution < 1.29 is 8.42 Å². The molecule has 0 fully saturated rings. The Kier molecular flexibility index (Phi) is 5.12. The summed E-state index contributed by atoms with van der Waals surface area (Å²) in [6, 6.07) is 4.95. The first-order chi connectivity index (χ1) is 7.90. The summed E-state index contributed by atoms with van der Waals surface area (Å²) < 4.78 is 27.6. The summed E-state index contributed by atoms with van der Waals surface area (Å²) in [5.41, 5.74) is 6.22. The molecular formula is C11H17BrN2O2S. The van der Waals surface area contributed by atoms with Crippen LogP contribution in [0.1, 0.15) is 18.9 Å². The van der Waals surface area contributed by atoms with Gasteiger partial charge in [0, 0.05) is 17.1 Å². The lowest BCUT2D eigenvalue weighted by Gasteiger charge is -2.16. The number of halogens is 1. The number of rotatable bonds is 5. The van der Waals surface area contributed by atoms with Crippen LogP contribution in [0.4, 0.5) is 0 Å². The van der Waals surface area contributed by atoms with Gasteiger partial charge in [0.25, 0.3) is 0 Å². The summed E-state index contributed by atoms with van der Waals surface area (Å²) in [6.45, 7) is 3.96. The molecule has 0 aliphatic carbocycles. The Morgan fingerprint density at radius 3 is 2.65 bits per heavy atom. The van der Waals surface area contributed by atoms with Gasteiger partial charge < -0.3 is 5.73 Å². The van der Waals surface area contributed by atoms with Gasteiger partial charge in [-0.2, -0.15) is 0 Å². The first-order valence-corrected chi connectivity index (χ1v) is 7.67. The number of benzene rings is 1. The van der Waals surface area contributed by atoms with Gasteiger partial charge in [-0.25, -0.2) is 13.1 Å². The average molecular weight is 321 g/mol. The van der Waals surface area contributed by atoms with Crippen LogP contribution in [0.5, 0.6) is 0 Å². The molecule has 6 heteroatoms. The van der Waals surface area contributed by atoms with E-state index in [1.165, 1.54) is 0 Å². The van der Waals surface area contributed by atoms with E-state index in [2.05, 4.69) is 20.7 Å². The molecular weight excluding hydrogens is 304 g/mol. The summed E-state index contributed by atoms with van der Waals surface area (Å²) >= 11 is 3.27. The first kappa shape index (κ1) is 14.6. The molecule has 0 aliphatic heterocycles. The van der Waals surface area contributed by atoms with Gasteiger partial charge in [-0.05, 0) is 31.0 Å². The minimum Gasteiger partial charge on any atom is -0.329 e. The first-order valence-electron chi connectivity index (χ1n) is 5.39. The van der Waals surface area contributed by atoms with Crippen molar-refractivity contribution in [1.82, 2.24) is 4.72 Å². The monoisotopic (exact) mass is 320 g/mol. The number of sulfonamides is 1. The molecule has 0 radical (unpaired) electrons. The topological polar surface area (TPSA) is 72.2 Å². The third-order valence-electron chi connectivity index (χ3n) is 2.54. The fraction of sp³-hybridized carbons (Fsp3) is 0.455. The van der Waals surface area contributed by atoms with E-state index in [-0.39, 0.29) is 6.04 Å². The van der Waals surface area contributed by atoms with Gasteiger partial charge >= 0.3 is 0 Å². The summed E-state index contributed by atoms with van der Waals surface area (Å²) in [5, 5.41) is 0. The molecule has 1 atom stereocenters. The van der Waals surface area contributed by atoms with E-state index in [1.54, 1.807) is 19.1 Å². The molecule has 0 aromatic heterocycles. The van der Waals surface area contributed by atoms with E-state index >= 15 is 0 Å². The smallest absolute Gasteiger partial charge is 0.241 e. The number of nitrogens with one attached hydrogen (secondary N) is 1. The zero-order valence-electron chi connectivity index (χ0n) is 9.90. The Morgan fingerprint density at radius 1 is 1.47 bits per heavy atom.